The highest BCUT2D eigenvalue weighted by molar-refractivity contribution is 7.92. The number of aryl methyl sites for hydroxylation is 1. The lowest BCUT2D eigenvalue weighted by atomic mass is 10.1. The lowest BCUT2D eigenvalue weighted by Gasteiger charge is -2.32. The molecule has 8 nitrogen and oxygen atoms in total. The van der Waals surface area contributed by atoms with Crippen LogP contribution in [0.3, 0.4) is 0 Å². The topological polar surface area (TPSA) is 96.0 Å². The van der Waals surface area contributed by atoms with Gasteiger partial charge in [-0.25, -0.2) is 8.42 Å². The first-order chi connectivity index (χ1) is 17.2. The Hall–Kier alpha value is -3.07. The van der Waals surface area contributed by atoms with E-state index in [0.717, 1.165) is 17.4 Å². The summed E-state index contributed by atoms with van der Waals surface area (Å²) in [5.74, 6) is 0.00951. The zero-order chi connectivity index (χ0) is 27.8. The SMILES string of the molecule is CCOc1ccccc1N(CCCC(=O)N(Cc1ccc(C)cc1)[C@H](C)C(=O)NC(C)(C)C)S(C)(=O)=O. The van der Waals surface area contributed by atoms with Gasteiger partial charge in [-0.1, -0.05) is 42.0 Å². The van der Waals surface area contributed by atoms with Crippen LogP contribution in [0.15, 0.2) is 48.5 Å². The maximum atomic E-state index is 13.4. The van der Waals surface area contributed by atoms with Gasteiger partial charge < -0.3 is 15.0 Å². The van der Waals surface area contributed by atoms with Crippen molar-refractivity contribution in [3.05, 3.63) is 59.7 Å². The Kier molecular flexibility index (Phi) is 10.5. The lowest BCUT2D eigenvalue weighted by Crippen LogP contribution is -2.52. The Morgan fingerprint density at radius 1 is 1.05 bits per heavy atom. The summed E-state index contributed by atoms with van der Waals surface area (Å²) >= 11 is 0. The number of amides is 2. The van der Waals surface area contributed by atoms with Crippen molar-refractivity contribution in [2.45, 2.75) is 72.5 Å². The molecule has 0 saturated carbocycles. The van der Waals surface area contributed by atoms with Crippen LogP contribution in [0.1, 0.15) is 58.6 Å². The van der Waals surface area contributed by atoms with Crippen molar-refractivity contribution in [1.82, 2.24) is 10.2 Å². The second-order valence-corrected chi connectivity index (χ2v) is 12.2. The molecule has 2 rings (SSSR count). The molecule has 1 N–H and O–H groups in total. The number of para-hydroxylation sites is 2. The van der Waals surface area contributed by atoms with Crippen LogP contribution in [-0.4, -0.2) is 56.1 Å². The van der Waals surface area contributed by atoms with Crippen molar-refractivity contribution in [1.29, 1.82) is 0 Å². The fraction of sp³-hybridized carbons (Fsp3) is 0.500. The number of hydrogen-bond donors (Lipinski definition) is 1. The van der Waals surface area contributed by atoms with E-state index in [1.165, 1.54) is 4.31 Å². The first-order valence-corrected chi connectivity index (χ1v) is 14.4. The Balaban J connectivity index is 2.22. The number of benzene rings is 2. The summed E-state index contributed by atoms with van der Waals surface area (Å²) in [4.78, 5) is 27.9. The zero-order valence-electron chi connectivity index (χ0n) is 23.1. The standard InChI is InChI=1S/C28H41N3O5S/c1-8-36-25-13-10-9-12-24(25)31(37(7,34)35)19-11-14-26(32)30(20-23-17-15-21(2)16-18-23)22(3)27(33)29-28(4,5)6/h9-10,12-13,15-18,22H,8,11,14,19-20H2,1-7H3,(H,29,33)/t22-/m1/s1. The molecule has 37 heavy (non-hydrogen) atoms. The average Bonchev–Trinajstić information content (AvgIpc) is 2.80. The number of ether oxygens (including phenoxy) is 1. The van der Waals surface area contributed by atoms with Gasteiger partial charge in [0.15, 0.2) is 0 Å². The van der Waals surface area contributed by atoms with Crippen LogP contribution in [0.2, 0.25) is 0 Å². The number of carbonyl (C=O) groups excluding carboxylic acids is 2. The van der Waals surface area contributed by atoms with Gasteiger partial charge in [-0.2, -0.15) is 0 Å². The number of sulfonamides is 1. The predicted octanol–water partition coefficient (Wildman–Crippen LogP) is 4.27. The zero-order valence-corrected chi connectivity index (χ0v) is 23.9. The van der Waals surface area contributed by atoms with Crippen molar-refractivity contribution in [3.8, 4) is 5.75 Å². The molecule has 0 spiro atoms. The van der Waals surface area contributed by atoms with E-state index in [-0.39, 0.29) is 37.7 Å². The molecule has 2 aromatic rings. The lowest BCUT2D eigenvalue weighted by molar-refractivity contribution is -0.141. The van der Waals surface area contributed by atoms with Crippen LogP contribution in [0.4, 0.5) is 5.69 Å². The third-order valence-corrected chi connectivity index (χ3v) is 6.90. The Morgan fingerprint density at radius 3 is 2.24 bits per heavy atom. The third-order valence-electron chi connectivity index (χ3n) is 5.72. The van der Waals surface area contributed by atoms with Crippen LogP contribution in [0, 0.1) is 6.92 Å². The molecule has 0 saturated heterocycles. The van der Waals surface area contributed by atoms with Gasteiger partial charge in [0, 0.05) is 25.0 Å². The Labute approximate surface area is 222 Å². The van der Waals surface area contributed by atoms with Gasteiger partial charge in [0.2, 0.25) is 21.8 Å². The normalized spacial score (nSPS) is 12.5. The number of anilines is 1. The fourth-order valence-corrected chi connectivity index (χ4v) is 4.84. The van der Waals surface area contributed by atoms with Gasteiger partial charge in [-0.05, 0) is 65.7 Å². The molecule has 0 unspecified atom stereocenters. The fourth-order valence-electron chi connectivity index (χ4n) is 3.87. The highest BCUT2D eigenvalue weighted by atomic mass is 32.2. The minimum absolute atomic E-state index is 0.0851. The second-order valence-electron chi connectivity index (χ2n) is 10.3. The summed E-state index contributed by atoms with van der Waals surface area (Å²) < 4.78 is 32.1. The highest BCUT2D eigenvalue weighted by Gasteiger charge is 2.29. The molecule has 2 aromatic carbocycles. The third kappa shape index (κ3) is 9.39. The van der Waals surface area contributed by atoms with Crippen LogP contribution in [0.25, 0.3) is 0 Å². The molecule has 0 aliphatic heterocycles. The minimum Gasteiger partial charge on any atom is -0.492 e. The second kappa shape index (κ2) is 12.9. The molecule has 9 heteroatoms. The number of nitrogens with zero attached hydrogens (tertiary/aromatic N) is 2. The molecule has 0 aliphatic carbocycles. The van der Waals surface area contributed by atoms with E-state index >= 15 is 0 Å². The van der Waals surface area contributed by atoms with Gasteiger partial charge in [0.25, 0.3) is 0 Å². The predicted molar refractivity (Wildman–Crippen MR) is 148 cm³/mol. The Morgan fingerprint density at radius 2 is 1.68 bits per heavy atom. The van der Waals surface area contributed by atoms with Crippen molar-refractivity contribution in [2.24, 2.45) is 0 Å². The monoisotopic (exact) mass is 531 g/mol. The molecular weight excluding hydrogens is 490 g/mol. The quantitative estimate of drug-likeness (QED) is 0.441. The molecule has 0 radical (unpaired) electrons. The highest BCUT2D eigenvalue weighted by Crippen LogP contribution is 2.30. The number of hydrogen-bond acceptors (Lipinski definition) is 5. The van der Waals surface area contributed by atoms with Crippen LogP contribution >= 0.6 is 0 Å². The molecule has 0 heterocycles. The molecule has 0 aromatic heterocycles. The van der Waals surface area contributed by atoms with E-state index in [1.54, 1.807) is 36.1 Å². The number of rotatable bonds is 12. The molecule has 0 fully saturated rings. The Bertz CT molecular complexity index is 1160. The maximum Gasteiger partial charge on any atom is 0.242 e. The summed E-state index contributed by atoms with van der Waals surface area (Å²) in [5.41, 5.74) is 2.02. The largest absolute Gasteiger partial charge is 0.492 e. The maximum absolute atomic E-state index is 13.4. The number of nitrogens with one attached hydrogen (secondary N) is 1. The van der Waals surface area contributed by atoms with E-state index in [1.807, 2.05) is 58.9 Å². The first-order valence-electron chi connectivity index (χ1n) is 12.6. The smallest absolute Gasteiger partial charge is 0.242 e. The van der Waals surface area contributed by atoms with E-state index < -0.39 is 21.6 Å². The van der Waals surface area contributed by atoms with Gasteiger partial charge >= 0.3 is 0 Å². The number of carbonyl (C=O) groups is 2. The van der Waals surface area contributed by atoms with Gasteiger partial charge in [0.05, 0.1) is 18.6 Å². The van der Waals surface area contributed by atoms with Crippen molar-refractivity contribution < 1.29 is 22.7 Å². The van der Waals surface area contributed by atoms with Crippen molar-refractivity contribution >= 4 is 27.5 Å². The first kappa shape index (κ1) is 30.2. The summed E-state index contributed by atoms with van der Waals surface area (Å²) in [7, 11) is -3.62. The van der Waals surface area contributed by atoms with Crippen molar-refractivity contribution in [2.75, 3.05) is 23.7 Å². The summed E-state index contributed by atoms with van der Waals surface area (Å²) in [6.45, 7) is 12.0. The van der Waals surface area contributed by atoms with Crippen molar-refractivity contribution in [3.63, 3.8) is 0 Å². The van der Waals surface area contributed by atoms with Crippen LogP contribution in [-0.2, 0) is 26.2 Å². The van der Waals surface area contributed by atoms with Gasteiger partial charge in [0.1, 0.15) is 11.8 Å². The molecule has 2 amide bonds. The average molecular weight is 532 g/mol. The molecule has 0 aliphatic rings. The van der Waals surface area contributed by atoms with Crippen LogP contribution < -0.4 is 14.4 Å². The molecule has 204 valence electrons. The van der Waals surface area contributed by atoms with Gasteiger partial charge in [-0.3, -0.25) is 13.9 Å². The van der Waals surface area contributed by atoms with E-state index in [9.17, 15) is 18.0 Å². The summed E-state index contributed by atoms with van der Waals surface area (Å²) in [6, 6.07) is 14.1. The summed E-state index contributed by atoms with van der Waals surface area (Å²) in [6.07, 6.45) is 1.51. The van der Waals surface area contributed by atoms with Gasteiger partial charge in [-0.15, -0.1) is 0 Å². The minimum atomic E-state index is -3.62. The van der Waals surface area contributed by atoms with E-state index in [2.05, 4.69) is 5.32 Å². The van der Waals surface area contributed by atoms with Crippen LogP contribution in [0.5, 0.6) is 5.75 Å². The van der Waals surface area contributed by atoms with E-state index in [4.69, 9.17) is 4.74 Å². The molecule has 0 bridgehead atoms. The summed E-state index contributed by atoms with van der Waals surface area (Å²) in [5, 5.41) is 2.95. The van der Waals surface area contributed by atoms with E-state index in [0.29, 0.717) is 18.0 Å². The molecular formula is C28H41N3O5S. The molecule has 1 atom stereocenters.